The first kappa shape index (κ1) is 16.3. The molecule has 0 amide bonds. The lowest BCUT2D eigenvalue weighted by Crippen LogP contribution is -2.26. The van der Waals surface area contributed by atoms with E-state index in [0.29, 0.717) is 19.5 Å². The highest BCUT2D eigenvalue weighted by molar-refractivity contribution is 5.28. The van der Waals surface area contributed by atoms with Crippen molar-refractivity contribution in [2.75, 3.05) is 13.7 Å². The first-order valence-electron chi connectivity index (χ1n) is 7.47. The normalized spacial score (nSPS) is 12.1. The van der Waals surface area contributed by atoms with Crippen molar-refractivity contribution >= 4 is 0 Å². The molecule has 0 aliphatic rings. The number of ether oxygens (including phenoxy) is 1. The van der Waals surface area contributed by atoms with Crippen molar-refractivity contribution in [3.05, 3.63) is 59.7 Å². The van der Waals surface area contributed by atoms with Crippen LogP contribution in [0.2, 0.25) is 0 Å². The standard InChI is InChI=1S/C18H23NO3/c1-22-18-4-2-3-15(11-18)12-19-13-17(21)10-7-14-5-8-16(20)9-6-14/h2-6,8-9,11,17,19-21H,7,10,12-13H2,1H3/t17-/m1/s1. The minimum Gasteiger partial charge on any atom is -0.508 e. The number of aliphatic hydroxyl groups is 1. The molecule has 0 spiro atoms. The zero-order chi connectivity index (χ0) is 15.8. The van der Waals surface area contributed by atoms with E-state index in [9.17, 15) is 10.2 Å². The molecule has 1 atom stereocenters. The number of benzene rings is 2. The molecule has 0 saturated carbocycles. The van der Waals surface area contributed by atoms with E-state index in [1.165, 1.54) is 0 Å². The number of phenols is 1. The summed E-state index contributed by atoms with van der Waals surface area (Å²) in [4.78, 5) is 0. The minimum absolute atomic E-state index is 0.268. The molecule has 3 N–H and O–H groups in total. The molecule has 0 bridgehead atoms. The maximum absolute atomic E-state index is 10.0. The molecule has 4 heteroatoms. The van der Waals surface area contributed by atoms with Crippen LogP contribution in [0.25, 0.3) is 0 Å². The highest BCUT2D eigenvalue weighted by atomic mass is 16.5. The fourth-order valence-electron chi connectivity index (χ4n) is 2.26. The molecule has 118 valence electrons. The molecule has 2 rings (SSSR count). The molecule has 0 unspecified atom stereocenters. The molecule has 0 heterocycles. The molecule has 0 radical (unpaired) electrons. The Morgan fingerprint density at radius 3 is 2.59 bits per heavy atom. The molecular formula is C18H23NO3. The Kier molecular flexibility index (Phi) is 6.25. The second-order valence-corrected chi connectivity index (χ2v) is 5.34. The van der Waals surface area contributed by atoms with E-state index in [4.69, 9.17) is 4.74 Å². The van der Waals surface area contributed by atoms with Crippen molar-refractivity contribution in [1.29, 1.82) is 0 Å². The van der Waals surface area contributed by atoms with Crippen LogP contribution in [0.4, 0.5) is 0 Å². The van der Waals surface area contributed by atoms with Crippen molar-refractivity contribution < 1.29 is 14.9 Å². The predicted molar refractivity (Wildman–Crippen MR) is 87.1 cm³/mol. The Bertz CT molecular complexity index is 569. The molecule has 0 fully saturated rings. The first-order valence-corrected chi connectivity index (χ1v) is 7.47. The number of hydrogen-bond donors (Lipinski definition) is 3. The molecule has 0 aromatic heterocycles. The first-order chi connectivity index (χ1) is 10.7. The van der Waals surface area contributed by atoms with Crippen LogP contribution in [0, 0.1) is 0 Å². The van der Waals surface area contributed by atoms with Crippen molar-refractivity contribution in [3.63, 3.8) is 0 Å². The number of nitrogens with one attached hydrogen (secondary N) is 1. The molecule has 22 heavy (non-hydrogen) atoms. The summed E-state index contributed by atoms with van der Waals surface area (Å²) < 4.78 is 5.18. The van der Waals surface area contributed by atoms with E-state index in [1.54, 1.807) is 19.2 Å². The summed E-state index contributed by atoms with van der Waals surface area (Å²) in [5, 5.41) is 22.5. The van der Waals surface area contributed by atoms with Gasteiger partial charge < -0.3 is 20.3 Å². The number of rotatable bonds is 8. The van der Waals surface area contributed by atoms with Crippen LogP contribution in [0.3, 0.4) is 0 Å². The Morgan fingerprint density at radius 1 is 1.09 bits per heavy atom. The van der Waals surface area contributed by atoms with E-state index >= 15 is 0 Å². The fraction of sp³-hybridized carbons (Fsp3) is 0.333. The van der Waals surface area contributed by atoms with Crippen LogP contribution in [-0.4, -0.2) is 30.0 Å². The third kappa shape index (κ3) is 5.39. The van der Waals surface area contributed by atoms with Gasteiger partial charge in [0.2, 0.25) is 0 Å². The number of aromatic hydroxyl groups is 1. The third-order valence-electron chi connectivity index (χ3n) is 3.55. The van der Waals surface area contributed by atoms with Gasteiger partial charge in [0.05, 0.1) is 13.2 Å². The Hall–Kier alpha value is -2.04. The van der Waals surface area contributed by atoms with Crippen LogP contribution < -0.4 is 10.1 Å². The van der Waals surface area contributed by atoms with Crippen LogP contribution >= 0.6 is 0 Å². The molecule has 0 aliphatic heterocycles. The molecule has 4 nitrogen and oxygen atoms in total. The van der Waals surface area contributed by atoms with Crippen LogP contribution in [0.5, 0.6) is 11.5 Å². The lowest BCUT2D eigenvalue weighted by Gasteiger charge is -2.12. The highest BCUT2D eigenvalue weighted by Gasteiger charge is 2.05. The van der Waals surface area contributed by atoms with Crippen molar-refractivity contribution in [3.8, 4) is 11.5 Å². The SMILES string of the molecule is COc1cccc(CNC[C@H](O)CCc2ccc(O)cc2)c1. The van der Waals surface area contributed by atoms with Crippen molar-refractivity contribution in [2.24, 2.45) is 0 Å². The van der Waals surface area contributed by atoms with Gasteiger partial charge in [-0.05, 0) is 48.2 Å². The summed E-state index contributed by atoms with van der Waals surface area (Å²) in [5.74, 6) is 1.11. The molecular weight excluding hydrogens is 278 g/mol. The van der Waals surface area contributed by atoms with E-state index in [-0.39, 0.29) is 11.9 Å². The van der Waals surface area contributed by atoms with Gasteiger partial charge in [0.1, 0.15) is 11.5 Å². The van der Waals surface area contributed by atoms with Gasteiger partial charge in [-0.1, -0.05) is 24.3 Å². The number of aliphatic hydroxyl groups excluding tert-OH is 1. The number of phenolic OH excluding ortho intramolecular Hbond substituents is 1. The van der Waals surface area contributed by atoms with Crippen molar-refractivity contribution in [2.45, 2.75) is 25.5 Å². The zero-order valence-corrected chi connectivity index (χ0v) is 12.8. The second kappa shape index (κ2) is 8.41. The summed E-state index contributed by atoms with van der Waals surface area (Å²) in [5.41, 5.74) is 2.25. The molecule has 0 saturated heterocycles. The zero-order valence-electron chi connectivity index (χ0n) is 12.8. The quantitative estimate of drug-likeness (QED) is 0.701. The Balaban J connectivity index is 1.69. The van der Waals surface area contributed by atoms with Gasteiger partial charge in [-0.2, -0.15) is 0 Å². The van der Waals surface area contributed by atoms with Gasteiger partial charge in [-0.3, -0.25) is 0 Å². The fourth-order valence-corrected chi connectivity index (χ4v) is 2.26. The minimum atomic E-state index is -0.389. The second-order valence-electron chi connectivity index (χ2n) is 5.34. The van der Waals surface area contributed by atoms with Gasteiger partial charge in [-0.25, -0.2) is 0 Å². The topological polar surface area (TPSA) is 61.7 Å². The lowest BCUT2D eigenvalue weighted by atomic mass is 10.1. The summed E-state index contributed by atoms with van der Waals surface area (Å²) in [7, 11) is 1.65. The molecule has 0 aliphatic carbocycles. The third-order valence-corrected chi connectivity index (χ3v) is 3.55. The monoisotopic (exact) mass is 301 g/mol. The van der Waals surface area contributed by atoms with E-state index in [0.717, 1.165) is 23.3 Å². The molecule has 2 aromatic carbocycles. The summed E-state index contributed by atoms with van der Waals surface area (Å²) in [6.07, 6.45) is 1.09. The van der Waals surface area contributed by atoms with Crippen molar-refractivity contribution in [1.82, 2.24) is 5.32 Å². The highest BCUT2D eigenvalue weighted by Crippen LogP contribution is 2.13. The van der Waals surface area contributed by atoms with E-state index in [1.807, 2.05) is 36.4 Å². The average molecular weight is 301 g/mol. The lowest BCUT2D eigenvalue weighted by molar-refractivity contribution is 0.161. The number of aryl methyl sites for hydroxylation is 1. The average Bonchev–Trinajstić information content (AvgIpc) is 2.54. The number of methoxy groups -OCH3 is 1. The smallest absolute Gasteiger partial charge is 0.119 e. The maximum Gasteiger partial charge on any atom is 0.119 e. The maximum atomic E-state index is 10.0. The Labute approximate surface area is 131 Å². The summed E-state index contributed by atoms with van der Waals surface area (Å²) in [6.45, 7) is 1.25. The number of hydrogen-bond acceptors (Lipinski definition) is 4. The van der Waals surface area contributed by atoms with Crippen LogP contribution in [-0.2, 0) is 13.0 Å². The Morgan fingerprint density at radius 2 is 1.86 bits per heavy atom. The van der Waals surface area contributed by atoms with Gasteiger partial charge in [0.25, 0.3) is 0 Å². The van der Waals surface area contributed by atoms with E-state index in [2.05, 4.69) is 5.32 Å². The van der Waals surface area contributed by atoms with Gasteiger partial charge in [0.15, 0.2) is 0 Å². The van der Waals surface area contributed by atoms with Gasteiger partial charge in [0, 0.05) is 13.1 Å². The predicted octanol–water partition coefficient (Wildman–Crippen LogP) is 2.48. The summed E-state index contributed by atoms with van der Waals surface area (Å²) in [6, 6.07) is 15.0. The van der Waals surface area contributed by atoms with Crippen LogP contribution in [0.15, 0.2) is 48.5 Å². The largest absolute Gasteiger partial charge is 0.508 e. The van der Waals surface area contributed by atoms with Gasteiger partial charge >= 0.3 is 0 Å². The van der Waals surface area contributed by atoms with Gasteiger partial charge in [-0.15, -0.1) is 0 Å². The van der Waals surface area contributed by atoms with Crippen LogP contribution in [0.1, 0.15) is 17.5 Å². The van der Waals surface area contributed by atoms with E-state index < -0.39 is 0 Å². The summed E-state index contributed by atoms with van der Waals surface area (Å²) >= 11 is 0. The molecule has 2 aromatic rings.